The highest BCUT2D eigenvalue weighted by molar-refractivity contribution is 6.36. The van der Waals surface area contributed by atoms with E-state index in [0.29, 0.717) is 17.7 Å². The highest BCUT2D eigenvalue weighted by Gasteiger charge is 2.28. The van der Waals surface area contributed by atoms with Crippen LogP contribution < -0.4 is 10.6 Å². The maximum atomic E-state index is 12.9. The molecule has 0 radical (unpaired) electrons. The lowest BCUT2D eigenvalue weighted by Crippen LogP contribution is -2.35. The third-order valence-corrected chi connectivity index (χ3v) is 6.42. The van der Waals surface area contributed by atoms with Gasteiger partial charge >= 0.3 is 0 Å². The van der Waals surface area contributed by atoms with Crippen molar-refractivity contribution in [1.82, 2.24) is 20.2 Å². The number of pyridine rings is 1. The van der Waals surface area contributed by atoms with Crippen molar-refractivity contribution < 1.29 is 9.59 Å². The second-order valence-corrected chi connectivity index (χ2v) is 8.42. The summed E-state index contributed by atoms with van der Waals surface area (Å²) in [7, 11) is 0. The van der Waals surface area contributed by atoms with Gasteiger partial charge < -0.3 is 20.5 Å². The molecular formula is C27H31N5O2. The van der Waals surface area contributed by atoms with Gasteiger partial charge in [0.15, 0.2) is 0 Å². The topological polar surface area (TPSA) is 90.1 Å². The second-order valence-electron chi connectivity index (χ2n) is 8.42. The number of hydrogen-bond donors (Lipinski definition) is 3. The quantitative estimate of drug-likeness (QED) is 0.441. The minimum Gasteiger partial charge on any atom is -0.358 e. The van der Waals surface area contributed by atoms with E-state index in [2.05, 4.69) is 39.3 Å². The highest BCUT2D eigenvalue weighted by atomic mass is 16.2. The van der Waals surface area contributed by atoms with Gasteiger partial charge in [0.1, 0.15) is 0 Å². The summed E-state index contributed by atoms with van der Waals surface area (Å²) < 4.78 is 0. The monoisotopic (exact) mass is 457 g/mol. The highest BCUT2D eigenvalue weighted by Crippen LogP contribution is 2.40. The summed E-state index contributed by atoms with van der Waals surface area (Å²) in [5, 5.41) is 6.01. The molecule has 0 spiro atoms. The predicted octanol–water partition coefficient (Wildman–Crippen LogP) is 4.26. The van der Waals surface area contributed by atoms with Crippen molar-refractivity contribution in [3.63, 3.8) is 0 Å². The van der Waals surface area contributed by atoms with Crippen molar-refractivity contribution in [1.29, 1.82) is 0 Å². The number of carbonyl (C=O) groups excluding carboxylic acids is 2. The molecule has 0 fully saturated rings. The number of aromatic amines is 1. The Hall–Kier alpha value is -3.71. The first-order chi connectivity index (χ1) is 16.4. The molecule has 7 nitrogen and oxygen atoms in total. The van der Waals surface area contributed by atoms with E-state index in [0.717, 1.165) is 59.0 Å². The van der Waals surface area contributed by atoms with Crippen LogP contribution in [0.15, 0.2) is 42.7 Å². The lowest BCUT2D eigenvalue weighted by molar-refractivity contribution is -0.110. The average Bonchev–Trinajstić information content (AvgIpc) is 3.31. The number of aryl methyl sites for hydroxylation is 1. The Kier molecular flexibility index (Phi) is 6.93. The molecule has 3 heterocycles. The van der Waals surface area contributed by atoms with Crippen molar-refractivity contribution >= 4 is 29.2 Å². The standard InChI is InChI=1S/C27H31N5O2/c1-5-32(6-2)15-14-29-27(34)24-17(3)23(30-18(24)4)16-21-25-20(19-10-12-28-13-11-19)8-7-9-22(25)31-26(21)33/h7-13,16,30H,5-6,14-15H2,1-4H3,(H,29,34)(H,31,33). The molecule has 4 rings (SSSR count). The number of aromatic nitrogens is 2. The van der Waals surface area contributed by atoms with E-state index in [1.807, 2.05) is 50.3 Å². The molecule has 0 atom stereocenters. The summed E-state index contributed by atoms with van der Waals surface area (Å²) in [5.74, 6) is -0.259. The number of anilines is 1. The van der Waals surface area contributed by atoms with Crippen LogP contribution >= 0.6 is 0 Å². The molecule has 1 aromatic carbocycles. The Morgan fingerprint density at radius 1 is 1.12 bits per heavy atom. The molecule has 0 saturated carbocycles. The predicted molar refractivity (Wildman–Crippen MR) is 137 cm³/mol. The largest absolute Gasteiger partial charge is 0.358 e. The van der Waals surface area contributed by atoms with E-state index in [1.165, 1.54) is 0 Å². The summed E-state index contributed by atoms with van der Waals surface area (Å²) in [6, 6.07) is 9.70. The summed E-state index contributed by atoms with van der Waals surface area (Å²) >= 11 is 0. The van der Waals surface area contributed by atoms with Crippen LogP contribution in [0.1, 0.15) is 46.7 Å². The van der Waals surface area contributed by atoms with Gasteiger partial charge in [0.05, 0.1) is 11.1 Å². The molecule has 176 valence electrons. The first-order valence-electron chi connectivity index (χ1n) is 11.7. The van der Waals surface area contributed by atoms with Gasteiger partial charge in [0, 0.05) is 48.1 Å². The third-order valence-electron chi connectivity index (χ3n) is 6.42. The van der Waals surface area contributed by atoms with Gasteiger partial charge in [-0.2, -0.15) is 0 Å². The zero-order chi connectivity index (χ0) is 24.2. The average molecular weight is 458 g/mol. The van der Waals surface area contributed by atoms with Crippen LogP contribution in [-0.2, 0) is 4.79 Å². The van der Waals surface area contributed by atoms with Gasteiger partial charge in [-0.05, 0) is 67.9 Å². The zero-order valence-corrected chi connectivity index (χ0v) is 20.2. The van der Waals surface area contributed by atoms with Gasteiger partial charge in [0.25, 0.3) is 11.8 Å². The molecule has 1 aliphatic heterocycles. The third kappa shape index (κ3) is 4.52. The number of hydrogen-bond acceptors (Lipinski definition) is 4. The Balaban J connectivity index is 1.66. The Morgan fingerprint density at radius 3 is 2.56 bits per heavy atom. The van der Waals surface area contributed by atoms with Crippen LogP contribution in [0.2, 0.25) is 0 Å². The number of rotatable bonds is 8. The van der Waals surface area contributed by atoms with Gasteiger partial charge in [-0.3, -0.25) is 14.6 Å². The van der Waals surface area contributed by atoms with Crippen LogP contribution in [0, 0.1) is 13.8 Å². The van der Waals surface area contributed by atoms with Gasteiger partial charge in [-0.1, -0.05) is 26.0 Å². The number of likely N-dealkylation sites (N-methyl/N-ethyl adjacent to an activating group) is 1. The maximum Gasteiger partial charge on any atom is 0.256 e. The number of amides is 2. The van der Waals surface area contributed by atoms with E-state index < -0.39 is 0 Å². The SMILES string of the molecule is CCN(CC)CCNC(=O)c1c(C)[nH]c(C=C2C(=O)Nc3cccc(-c4ccncc4)c32)c1C. The molecule has 0 aliphatic carbocycles. The number of fused-ring (bicyclic) bond motifs is 1. The summed E-state index contributed by atoms with van der Waals surface area (Å²) in [6.45, 7) is 11.3. The summed E-state index contributed by atoms with van der Waals surface area (Å²) in [5.41, 5.74) is 7.15. The lowest BCUT2D eigenvalue weighted by atomic mass is 9.94. The minimum absolute atomic E-state index is 0.100. The van der Waals surface area contributed by atoms with Gasteiger partial charge in [0.2, 0.25) is 0 Å². The van der Waals surface area contributed by atoms with Crippen LogP contribution in [0.4, 0.5) is 5.69 Å². The number of H-pyrrole nitrogens is 1. The molecular weight excluding hydrogens is 426 g/mol. The van der Waals surface area contributed by atoms with Crippen molar-refractivity contribution in [3.8, 4) is 11.1 Å². The van der Waals surface area contributed by atoms with Crippen molar-refractivity contribution in [2.24, 2.45) is 0 Å². The fourth-order valence-corrected chi connectivity index (χ4v) is 4.52. The Bertz CT molecular complexity index is 1240. The fourth-order valence-electron chi connectivity index (χ4n) is 4.52. The van der Waals surface area contributed by atoms with E-state index >= 15 is 0 Å². The number of nitrogens with one attached hydrogen (secondary N) is 3. The lowest BCUT2D eigenvalue weighted by Gasteiger charge is -2.18. The zero-order valence-electron chi connectivity index (χ0n) is 20.2. The van der Waals surface area contributed by atoms with Crippen LogP contribution in [0.5, 0.6) is 0 Å². The number of carbonyl (C=O) groups is 2. The molecule has 3 aromatic rings. The van der Waals surface area contributed by atoms with Crippen LogP contribution in [-0.4, -0.2) is 52.9 Å². The first kappa shape index (κ1) is 23.4. The summed E-state index contributed by atoms with van der Waals surface area (Å²) in [4.78, 5) is 35.6. The molecule has 1 aliphatic rings. The molecule has 0 bridgehead atoms. The van der Waals surface area contributed by atoms with Crippen molar-refractivity contribution in [2.45, 2.75) is 27.7 Å². The van der Waals surface area contributed by atoms with Crippen molar-refractivity contribution in [3.05, 3.63) is 70.8 Å². The molecule has 2 amide bonds. The van der Waals surface area contributed by atoms with Crippen molar-refractivity contribution in [2.75, 3.05) is 31.5 Å². The Labute approximate surface area is 200 Å². The minimum atomic E-state index is -0.159. The molecule has 7 heteroatoms. The Morgan fingerprint density at radius 2 is 1.85 bits per heavy atom. The van der Waals surface area contributed by atoms with Crippen LogP contribution in [0.3, 0.4) is 0 Å². The number of nitrogens with zero attached hydrogens (tertiary/aromatic N) is 2. The smallest absolute Gasteiger partial charge is 0.256 e. The van der Waals surface area contributed by atoms with Gasteiger partial charge in [-0.15, -0.1) is 0 Å². The molecule has 3 N–H and O–H groups in total. The van der Waals surface area contributed by atoms with Gasteiger partial charge in [-0.25, -0.2) is 0 Å². The van der Waals surface area contributed by atoms with E-state index in [9.17, 15) is 9.59 Å². The van der Waals surface area contributed by atoms with E-state index in [4.69, 9.17) is 0 Å². The summed E-state index contributed by atoms with van der Waals surface area (Å²) in [6.07, 6.45) is 5.33. The number of benzene rings is 1. The van der Waals surface area contributed by atoms with Crippen LogP contribution in [0.25, 0.3) is 22.8 Å². The normalized spacial score (nSPS) is 13.9. The first-order valence-corrected chi connectivity index (χ1v) is 11.7. The molecule has 2 aromatic heterocycles. The molecule has 0 saturated heterocycles. The van der Waals surface area contributed by atoms with E-state index in [1.54, 1.807) is 12.4 Å². The molecule has 34 heavy (non-hydrogen) atoms. The fraction of sp³-hybridized carbons (Fsp3) is 0.296. The van der Waals surface area contributed by atoms with E-state index in [-0.39, 0.29) is 11.8 Å². The molecule has 0 unspecified atom stereocenters. The second kappa shape index (κ2) is 10.1. The maximum absolute atomic E-state index is 12.9.